The van der Waals surface area contributed by atoms with Crippen molar-refractivity contribution >= 4 is 17.9 Å². The van der Waals surface area contributed by atoms with Crippen LogP contribution in [-0.4, -0.2) is 84.3 Å². The molecule has 3 fully saturated rings. The SMILES string of the molecule is CCN(CC)[C@@H](C(=O)N1CCC[C@H]1c1ncc(-c2ccc(-c3ccc(-c4cnc([C@@H]5CCCN5C(=O)C5(OC(N)=O)CCCC5C)[nH]4)cc3)cc2)[nH]1)c1ccccc1. The number of ether oxygens (including phenoxy) is 1. The molecule has 0 bridgehead atoms. The highest BCUT2D eigenvalue weighted by Crippen LogP contribution is 2.44. The van der Waals surface area contributed by atoms with Gasteiger partial charge in [-0.3, -0.25) is 14.5 Å². The molecule has 4 N–H and O–H groups in total. The van der Waals surface area contributed by atoms with Crippen LogP contribution in [0.4, 0.5) is 4.79 Å². The number of nitrogens with zero attached hydrogens (tertiary/aromatic N) is 5. The predicted molar refractivity (Wildman–Crippen MR) is 223 cm³/mol. The van der Waals surface area contributed by atoms with Crippen molar-refractivity contribution in [3.05, 3.63) is 108 Å². The van der Waals surface area contributed by atoms with E-state index in [1.807, 2.05) is 47.3 Å². The molecule has 12 heteroatoms. The Labute approximate surface area is 340 Å². The summed E-state index contributed by atoms with van der Waals surface area (Å²) in [6, 6.07) is 26.3. The van der Waals surface area contributed by atoms with Crippen LogP contribution in [0.15, 0.2) is 91.3 Å². The van der Waals surface area contributed by atoms with E-state index in [4.69, 9.17) is 20.4 Å². The average molecular weight is 783 g/mol. The van der Waals surface area contributed by atoms with E-state index in [9.17, 15) is 14.4 Å². The molecule has 3 amide bonds. The maximum absolute atomic E-state index is 14.2. The number of rotatable bonds is 12. The van der Waals surface area contributed by atoms with Crippen molar-refractivity contribution in [3.63, 3.8) is 0 Å². The molecule has 2 saturated heterocycles. The van der Waals surface area contributed by atoms with E-state index in [-0.39, 0.29) is 35.9 Å². The lowest BCUT2D eigenvalue weighted by Crippen LogP contribution is -2.54. The van der Waals surface area contributed by atoms with E-state index in [1.54, 1.807) is 0 Å². The number of aromatic nitrogens is 4. The molecule has 2 aliphatic heterocycles. The van der Waals surface area contributed by atoms with Gasteiger partial charge in [-0.1, -0.05) is 99.6 Å². The Hall–Kier alpha value is -5.75. The summed E-state index contributed by atoms with van der Waals surface area (Å²) < 4.78 is 5.58. The van der Waals surface area contributed by atoms with Crippen molar-refractivity contribution in [2.45, 2.75) is 89.4 Å². The Morgan fingerprint density at radius 3 is 1.78 bits per heavy atom. The second kappa shape index (κ2) is 16.6. The molecule has 8 rings (SSSR count). The minimum absolute atomic E-state index is 0.0953. The molecule has 4 heterocycles. The molecule has 1 saturated carbocycles. The normalized spacial score (nSPS) is 22.4. The Balaban J connectivity index is 0.935. The summed E-state index contributed by atoms with van der Waals surface area (Å²) >= 11 is 0. The van der Waals surface area contributed by atoms with Gasteiger partial charge in [-0.15, -0.1) is 0 Å². The second-order valence-electron chi connectivity index (χ2n) is 16.0. The minimum Gasteiger partial charge on any atom is -0.433 e. The Bertz CT molecular complexity index is 2210. The average Bonchev–Trinajstić information content (AvgIpc) is 4.10. The fourth-order valence-electron chi connectivity index (χ4n) is 9.58. The lowest BCUT2D eigenvalue weighted by Gasteiger charge is -2.36. The zero-order valence-corrected chi connectivity index (χ0v) is 33.7. The summed E-state index contributed by atoms with van der Waals surface area (Å²) in [7, 11) is 0. The number of carbonyl (C=O) groups excluding carboxylic acids is 3. The summed E-state index contributed by atoms with van der Waals surface area (Å²) in [5, 5.41) is 0. The third kappa shape index (κ3) is 7.41. The zero-order chi connectivity index (χ0) is 40.4. The lowest BCUT2D eigenvalue weighted by atomic mass is 9.90. The first-order chi connectivity index (χ1) is 28.2. The molecular formula is C46H54N8O4. The van der Waals surface area contributed by atoms with Gasteiger partial charge in [0.2, 0.25) is 5.91 Å². The molecule has 5 atom stereocenters. The molecular weight excluding hydrogens is 729 g/mol. The topological polar surface area (TPSA) is 154 Å². The number of likely N-dealkylation sites (tertiary alicyclic amines) is 2. The molecule has 0 radical (unpaired) electrons. The molecule has 0 spiro atoms. The number of imidazole rings is 2. The van der Waals surface area contributed by atoms with Crippen molar-refractivity contribution in [1.82, 2.24) is 34.6 Å². The van der Waals surface area contributed by atoms with Gasteiger partial charge in [-0.25, -0.2) is 14.8 Å². The van der Waals surface area contributed by atoms with Crippen LogP contribution in [0.2, 0.25) is 0 Å². The number of benzene rings is 3. The molecule has 302 valence electrons. The minimum atomic E-state index is -1.21. The number of carbonyl (C=O) groups is 3. The number of amides is 3. The maximum Gasteiger partial charge on any atom is 0.405 e. The van der Waals surface area contributed by atoms with Crippen LogP contribution in [-0.2, 0) is 14.3 Å². The Kier molecular flexibility index (Phi) is 11.2. The lowest BCUT2D eigenvalue weighted by molar-refractivity contribution is -0.155. The van der Waals surface area contributed by atoms with Crippen LogP contribution in [0, 0.1) is 5.92 Å². The third-order valence-corrected chi connectivity index (χ3v) is 12.7. The first-order valence-corrected chi connectivity index (χ1v) is 20.9. The fraction of sp³-hybridized carbons (Fsp3) is 0.413. The summed E-state index contributed by atoms with van der Waals surface area (Å²) in [5.74, 6) is 1.41. The van der Waals surface area contributed by atoms with Gasteiger partial charge in [0.25, 0.3) is 5.91 Å². The summed E-state index contributed by atoms with van der Waals surface area (Å²) in [4.78, 5) is 62.7. The standard InChI is InChI=1S/C46H54N8O4/c1-4-52(5-2)40(35-13-7-6-8-14-35)43(55)53-26-10-15-38(53)41-48-28-36(50-41)33-21-17-31(18-22-33)32-19-23-34(24-20-32)37-29-49-42(51-37)39-16-11-27-54(39)44(56)46(58-45(47)57)25-9-12-30(46)3/h6-8,13-14,17-24,28-30,38-40H,4-5,9-12,15-16,25-27H2,1-3H3,(H2,47,57)(H,48,50)(H,49,51)/t30?,38-,39-,40+,46?/m0/s1. The van der Waals surface area contributed by atoms with Crippen molar-refractivity contribution < 1.29 is 19.1 Å². The van der Waals surface area contributed by atoms with Crippen molar-refractivity contribution in [2.24, 2.45) is 11.7 Å². The molecule has 1 aliphatic carbocycles. The molecule has 12 nitrogen and oxygen atoms in total. The predicted octanol–water partition coefficient (Wildman–Crippen LogP) is 8.20. The highest BCUT2D eigenvalue weighted by Gasteiger charge is 2.54. The van der Waals surface area contributed by atoms with Gasteiger partial charge in [0.1, 0.15) is 17.7 Å². The number of hydrogen-bond donors (Lipinski definition) is 3. The number of H-pyrrole nitrogens is 2. The first-order valence-electron chi connectivity index (χ1n) is 20.9. The van der Waals surface area contributed by atoms with Crippen molar-refractivity contribution in [1.29, 1.82) is 0 Å². The Morgan fingerprint density at radius 2 is 1.28 bits per heavy atom. The molecule has 5 aromatic rings. The number of hydrogen-bond acceptors (Lipinski definition) is 7. The number of nitrogens with one attached hydrogen (secondary N) is 2. The van der Waals surface area contributed by atoms with Gasteiger partial charge < -0.3 is 30.2 Å². The van der Waals surface area contributed by atoms with E-state index in [1.165, 1.54) is 0 Å². The third-order valence-electron chi connectivity index (χ3n) is 12.7. The van der Waals surface area contributed by atoms with E-state index in [2.05, 4.69) is 89.4 Å². The summed E-state index contributed by atoms with van der Waals surface area (Å²) in [6.07, 6.45) is 8.33. The first kappa shape index (κ1) is 39.1. The van der Waals surface area contributed by atoms with Crippen LogP contribution >= 0.6 is 0 Å². The van der Waals surface area contributed by atoms with Crippen molar-refractivity contribution in [3.8, 4) is 33.6 Å². The number of primary amides is 1. The van der Waals surface area contributed by atoms with E-state index < -0.39 is 11.7 Å². The smallest absolute Gasteiger partial charge is 0.405 e. The highest BCUT2D eigenvalue weighted by atomic mass is 16.6. The number of aromatic amines is 2. The molecule has 2 aromatic heterocycles. The largest absolute Gasteiger partial charge is 0.433 e. The molecule has 58 heavy (non-hydrogen) atoms. The van der Waals surface area contributed by atoms with E-state index >= 15 is 0 Å². The number of likely N-dealkylation sites (N-methyl/N-ethyl adjacent to an activating group) is 1. The van der Waals surface area contributed by atoms with Gasteiger partial charge in [-0.05, 0) is 85.9 Å². The highest BCUT2D eigenvalue weighted by molar-refractivity contribution is 5.89. The molecule has 2 unspecified atom stereocenters. The van der Waals surface area contributed by atoms with E-state index in [0.29, 0.717) is 13.0 Å². The number of nitrogens with two attached hydrogens (primary N) is 1. The van der Waals surface area contributed by atoms with Crippen molar-refractivity contribution in [2.75, 3.05) is 26.2 Å². The van der Waals surface area contributed by atoms with Gasteiger partial charge in [-0.2, -0.15) is 0 Å². The van der Waals surface area contributed by atoms with Gasteiger partial charge in [0.05, 0.1) is 35.9 Å². The Morgan fingerprint density at radius 1 is 0.759 bits per heavy atom. The van der Waals surface area contributed by atoms with Gasteiger partial charge in [0.15, 0.2) is 5.60 Å². The quantitative estimate of drug-likeness (QED) is 0.115. The summed E-state index contributed by atoms with van der Waals surface area (Å²) in [6.45, 7) is 9.06. The van der Waals surface area contributed by atoms with Gasteiger partial charge >= 0.3 is 6.09 Å². The van der Waals surface area contributed by atoms with Crippen LogP contribution in [0.1, 0.15) is 101 Å². The maximum atomic E-state index is 14.2. The summed E-state index contributed by atoms with van der Waals surface area (Å²) in [5.41, 5.74) is 11.2. The van der Waals surface area contributed by atoms with Crippen LogP contribution < -0.4 is 5.73 Å². The van der Waals surface area contributed by atoms with Gasteiger partial charge in [0, 0.05) is 19.0 Å². The molecule has 3 aromatic carbocycles. The van der Waals surface area contributed by atoms with E-state index in [0.717, 1.165) is 109 Å². The second-order valence-corrected chi connectivity index (χ2v) is 16.0. The van der Waals surface area contributed by atoms with Crippen LogP contribution in [0.25, 0.3) is 33.6 Å². The fourth-order valence-corrected chi connectivity index (χ4v) is 9.58. The zero-order valence-electron chi connectivity index (χ0n) is 33.7. The molecule has 3 aliphatic rings. The van der Waals surface area contributed by atoms with Crippen LogP contribution in [0.3, 0.4) is 0 Å². The van der Waals surface area contributed by atoms with Crippen LogP contribution in [0.5, 0.6) is 0 Å². The monoisotopic (exact) mass is 782 g/mol.